The van der Waals surface area contributed by atoms with Crippen LogP contribution in [0.3, 0.4) is 0 Å². The van der Waals surface area contributed by atoms with E-state index >= 15 is 0 Å². The first-order valence-electron chi connectivity index (χ1n) is 5.80. The zero-order valence-electron chi connectivity index (χ0n) is 10.2. The molecule has 0 fully saturated rings. The lowest BCUT2D eigenvalue weighted by Gasteiger charge is -2.16. The number of phenolic OH excluding ortho intramolecular Hbond substituents is 1. The van der Waals surface area contributed by atoms with Crippen LogP contribution in [0.5, 0.6) is 5.75 Å². The SMILES string of the molecule is CCC(CCO)NC(=O)c1cccc(C)c1O. The van der Waals surface area contributed by atoms with Gasteiger partial charge in [0.25, 0.3) is 5.91 Å². The highest BCUT2D eigenvalue weighted by molar-refractivity contribution is 5.97. The van der Waals surface area contributed by atoms with E-state index < -0.39 is 0 Å². The van der Waals surface area contributed by atoms with Gasteiger partial charge < -0.3 is 15.5 Å². The monoisotopic (exact) mass is 237 g/mol. The van der Waals surface area contributed by atoms with Gasteiger partial charge >= 0.3 is 0 Å². The molecule has 1 aromatic carbocycles. The van der Waals surface area contributed by atoms with E-state index in [2.05, 4.69) is 5.32 Å². The second kappa shape index (κ2) is 6.25. The highest BCUT2D eigenvalue weighted by Gasteiger charge is 2.15. The minimum Gasteiger partial charge on any atom is -0.507 e. The third kappa shape index (κ3) is 3.46. The molecule has 1 amide bonds. The summed E-state index contributed by atoms with van der Waals surface area (Å²) < 4.78 is 0. The van der Waals surface area contributed by atoms with Crippen LogP contribution in [0.25, 0.3) is 0 Å². The van der Waals surface area contributed by atoms with Gasteiger partial charge in [-0.05, 0) is 31.4 Å². The molecule has 0 heterocycles. The molecule has 4 nitrogen and oxygen atoms in total. The Morgan fingerprint density at radius 2 is 2.18 bits per heavy atom. The van der Waals surface area contributed by atoms with E-state index in [4.69, 9.17) is 5.11 Å². The smallest absolute Gasteiger partial charge is 0.255 e. The van der Waals surface area contributed by atoms with Crippen molar-refractivity contribution in [1.29, 1.82) is 0 Å². The quantitative estimate of drug-likeness (QED) is 0.728. The van der Waals surface area contributed by atoms with E-state index in [0.717, 1.165) is 6.42 Å². The molecule has 0 aliphatic carbocycles. The fourth-order valence-electron chi connectivity index (χ4n) is 1.64. The lowest BCUT2D eigenvalue weighted by Crippen LogP contribution is -2.35. The number of aliphatic hydroxyl groups is 1. The predicted octanol–water partition coefficient (Wildman–Crippen LogP) is 1.59. The van der Waals surface area contributed by atoms with Crippen molar-refractivity contribution < 1.29 is 15.0 Å². The fourth-order valence-corrected chi connectivity index (χ4v) is 1.64. The van der Waals surface area contributed by atoms with Crippen LogP contribution in [-0.4, -0.2) is 28.8 Å². The number of rotatable bonds is 5. The number of carbonyl (C=O) groups is 1. The number of nitrogens with one attached hydrogen (secondary N) is 1. The topological polar surface area (TPSA) is 69.6 Å². The minimum absolute atomic E-state index is 0.0175. The average molecular weight is 237 g/mol. The predicted molar refractivity (Wildman–Crippen MR) is 66.1 cm³/mol. The molecule has 3 N–H and O–H groups in total. The number of carbonyl (C=O) groups excluding carboxylic acids is 1. The van der Waals surface area contributed by atoms with Gasteiger partial charge in [-0.15, -0.1) is 0 Å². The van der Waals surface area contributed by atoms with Gasteiger partial charge in [0.2, 0.25) is 0 Å². The molecule has 0 saturated carbocycles. The largest absolute Gasteiger partial charge is 0.507 e. The van der Waals surface area contributed by atoms with Crippen molar-refractivity contribution in [2.24, 2.45) is 0 Å². The molecule has 4 heteroatoms. The maximum atomic E-state index is 11.9. The Morgan fingerprint density at radius 3 is 2.76 bits per heavy atom. The first-order chi connectivity index (χ1) is 8.10. The summed E-state index contributed by atoms with van der Waals surface area (Å²) >= 11 is 0. The van der Waals surface area contributed by atoms with E-state index in [1.165, 1.54) is 0 Å². The summed E-state index contributed by atoms with van der Waals surface area (Å²) in [5.41, 5.74) is 0.953. The molecule has 0 saturated heterocycles. The maximum Gasteiger partial charge on any atom is 0.255 e. The number of aliphatic hydroxyl groups excluding tert-OH is 1. The number of aromatic hydroxyl groups is 1. The zero-order valence-corrected chi connectivity index (χ0v) is 10.2. The lowest BCUT2D eigenvalue weighted by atomic mass is 10.1. The molecular weight excluding hydrogens is 218 g/mol. The zero-order chi connectivity index (χ0) is 12.8. The van der Waals surface area contributed by atoms with Crippen LogP contribution in [0.15, 0.2) is 18.2 Å². The normalized spacial score (nSPS) is 12.2. The number of phenols is 1. The maximum absolute atomic E-state index is 11.9. The highest BCUT2D eigenvalue weighted by Crippen LogP contribution is 2.21. The van der Waals surface area contributed by atoms with Gasteiger partial charge in [0.1, 0.15) is 5.75 Å². The molecule has 94 valence electrons. The van der Waals surface area contributed by atoms with Crippen LogP contribution >= 0.6 is 0 Å². The van der Waals surface area contributed by atoms with Crippen LogP contribution in [0.2, 0.25) is 0 Å². The molecule has 17 heavy (non-hydrogen) atoms. The van der Waals surface area contributed by atoms with Gasteiger partial charge in [-0.2, -0.15) is 0 Å². The number of hydrogen-bond acceptors (Lipinski definition) is 3. The molecule has 1 aromatic rings. The molecule has 0 aliphatic heterocycles. The molecule has 0 bridgehead atoms. The second-order valence-corrected chi connectivity index (χ2v) is 4.06. The van der Waals surface area contributed by atoms with Crippen LogP contribution in [0.1, 0.15) is 35.7 Å². The van der Waals surface area contributed by atoms with Crippen molar-refractivity contribution >= 4 is 5.91 Å². The summed E-state index contributed by atoms with van der Waals surface area (Å²) in [7, 11) is 0. The number of benzene rings is 1. The summed E-state index contributed by atoms with van der Waals surface area (Å²) in [6.07, 6.45) is 1.27. The van der Waals surface area contributed by atoms with Gasteiger partial charge in [-0.1, -0.05) is 19.1 Å². The molecule has 0 aromatic heterocycles. The molecular formula is C13H19NO3. The average Bonchev–Trinajstić information content (AvgIpc) is 2.31. The Morgan fingerprint density at radius 1 is 1.47 bits per heavy atom. The van der Waals surface area contributed by atoms with E-state index in [9.17, 15) is 9.90 Å². The van der Waals surface area contributed by atoms with Crippen molar-refractivity contribution in [3.8, 4) is 5.75 Å². The van der Waals surface area contributed by atoms with Crippen LogP contribution in [0, 0.1) is 6.92 Å². The van der Waals surface area contributed by atoms with Crippen LogP contribution < -0.4 is 5.32 Å². The standard InChI is InChI=1S/C13H19NO3/c1-3-10(7-8-15)14-13(17)11-6-4-5-9(2)12(11)16/h4-6,10,15-16H,3,7-8H2,1-2H3,(H,14,17). The molecule has 0 spiro atoms. The summed E-state index contributed by atoms with van der Waals surface area (Å²) in [5.74, 6) is -0.282. The van der Waals surface area contributed by atoms with E-state index in [1.54, 1.807) is 25.1 Å². The Bertz CT molecular complexity index is 390. The summed E-state index contributed by atoms with van der Waals surface area (Å²) in [4.78, 5) is 11.9. The first kappa shape index (κ1) is 13.5. The van der Waals surface area contributed by atoms with Gasteiger partial charge in [-0.25, -0.2) is 0 Å². The molecule has 1 rings (SSSR count). The van der Waals surface area contributed by atoms with Crippen molar-refractivity contribution in [1.82, 2.24) is 5.32 Å². The summed E-state index contributed by atoms with van der Waals surface area (Å²) in [6.45, 7) is 3.73. The Balaban J connectivity index is 2.79. The van der Waals surface area contributed by atoms with Crippen molar-refractivity contribution in [2.75, 3.05) is 6.61 Å². The third-order valence-corrected chi connectivity index (χ3v) is 2.79. The van der Waals surface area contributed by atoms with Gasteiger partial charge in [-0.3, -0.25) is 4.79 Å². The van der Waals surface area contributed by atoms with Gasteiger partial charge in [0.05, 0.1) is 5.56 Å². The molecule has 0 radical (unpaired) electrons. The van der Waals surface area contributed by atoms with Crippen molar-refractivity contribution in [2.45, 2.75) is 32.7 Å². The number of hydrogen-bond donors (Lipinski definition) is 3. The van der Waals surface area contributed by atoms with E-state index in [1.807, 2.05) is 6.92 Å². The minimum atomic E-state index is -0.300. The number of aryl methyl sites for hydroxylation is 1. The van der Waals surface area contributed by atoms with E-state index in [0.29, 0.717) is 12.0 Å². The molecule has 1 atom stereocenters. The summed E-state index contributed by atoms with van der Waals surface area (Å²) in [5, 5.41) is 21.4. The Kier molecular flexibility index (Phi) is 4.97. The van der Waals surface area contributed by atoms with E-state index in [-0.39, 0.29) is 29.9 Å². The number of para-hydroxylation sites is 1. The molecule has 1 unspecified atom stereocenters. The van der Waals surface area contributed by atoms with Crippen molar-refractivity contribution in [3.63, 3.8) is 0 Å². The Hall–Kier alpha value is -1.55. The first-order valence-corrected chi connectivity index (χ1v) is 5.80. The number of amides is 1. The van der Waals surface area contributed by atoms with Crippen LogP contribution in [-0.2, 0) is 0 Å². The van der Waals surface area contributed by atoms with Crippen LogP contribution in [0.4, 0.5) is 0 Å². The third-order valence-electron chi connectivity index (χ3n) is 2.79. The highest BCUT2D eigenvalue weighted by atomic mass is 16.3. The summed E-state index contributed by atoms with van der Waals surface area (Å²) in [6, 6.07) is 5.00. The second-order valence-electron chi connectivity index (χ2n) is 4.06. The van der Waals surface area contributed by atoms with Crippen molar-refractivity contribution in [3.05, 3.63) is 29.3 Å². The lowest BCUT2D eigenvalue weighted by molar-refractivity contribution is 0.0926. The molecule has 0 aliphatic rings. The fraction of sp³-hybridized carbons (Fsp3) is 0.462. The van der Waals surface area contributed by atoms with Gasteiger partial charge in [0.15, 0.2) is 0 Å². The Labute approximate surface area is 101 Å². The van der Waals surface area contributed by atoms with Gasteiger partial charge in [0, 0.05) is 12.6 Å².